The summed E-state index contributed by atoms with van der Waals surface area (Å²) in [5, 5.41) is 23.5. The van der Waals surface area contributed by atoms with Crippen LogP contribution in [0.5, 0.6) is 0 Å². The molecule has 0 saturated carbocycles. The summed E-state index contributed by atoms with van der Waals surface area (Å²) in [6.07, 6.45) is -1.44. The van der Waals surface area contributed by atoms with E-state index < -0.39 is 55.4 Å². The minimum absolute atomic E-state index is 0.0637. The molecule has 1 aliphatic heterocycles. The molecular weight excluding hydrogens is 691 g/mol. The highest BCUT2D eigenvalue weighted by Gasteiger charge is 2.46. The predicted molar refractivity (Wildman–Crippen MR) is 189 cm³/mol. The molecular formula is C37H27N5O9S. The number of nitro groups is 1. The van der Waals surface area contributed by atoms with Gasteiger partial charge in [0.1, 0.15) is 12.0 Å². The highest BCUT2D eigenvalue weighted by Crippen LogP contribution is 2.40. The van der Waals surface area contributed by atoms with Crippen LogP contribution in [-0.2, 0) is 24.3 Å². The first kappa shape index (κ1) is 35.0. The van der Waals surface area contributed by atoms with Crippen molar-refractivity contribution in [2.75, 3.05) is 5.32 Å². The van der Waals surface area contributed by atoms with E-state index in [0.717, 1.165) is 12.1 Å². The smallest absolute Gasteiger partial charge is 0.339 e. The van der Waals surface area contributed by atoms with Gasteiger partial charge in [0.2, 0.25) is 15.8 Å². The first-order chi connectivity index (χ1) is 24.9. The van der Waals surface area contributed by atoms with Crippen molar-refractivity contribution >= 4 is 50.7 Å². The number of hydrazone groups is 1. The standard InChI is InChI=1S/C37H27N5O9S/c38-52(49,50)30-20-9-8-19-29(30)35(44)41-40-32(26-16-5-4-15-25(26)22-11-2-1-3-12-22)31(34-27-17-6-7-18-28(27)37(46)51-34)33(43)36(45)39-23-13-10-14-24(21-23)42(47)48/h1-21,31,34H,(H,39,45)(H,41,44)(H2,38,49,50)/b40-32+/t31-,34+/m1/s1. The second-order valence-electron chi connectivity index (χ2n) is 11.4. The Morgan fingerprint density at radius 2 is 1.44 bits per heavy atom. The molecule has 0 saturated heterocycles. The van der Waals surface area contributed by atoms with Crippen molar-refractivity contribution in [2.24, 2.45) is 16.2 Å². The van der Waals surface area contributed by atoms with Gasteiger partial charge in [-0.15, -0.1) is 0 Å². The molecule has 6 rings (SSSR count). The van der Waals surface area contributed by atoms with Crippen LogP contribution in [0, 0.1) is 16.0 Å². The molecule has 260 valence electrons. The van der Waals surface area contributed by atoms with E-state index in [4.69, 9.17) is 9.88 Å². The molecule has 0 radical (unpaired) electrons. The number of cyclic esters (lactones) is 1. The monoisotopic (exact) mass is 717 g/mol. The van der Waals surface area contributed by atoms with Gasteiger partial charge in [0.05, 0.1) is 26.7 Å². The fourth-order valence-corrected chi connectivity index (χ4v) is 6.54. The van der Waals surface area contributed by atoms with Crippen LogP contribution >= 0.6 is 0 Å². The molecule has 15 heteroatoms. The minimum Gasteiger partial charge on any atom is -0.453 e. The maximum atomic E-state index is 14.5. The molecule has 2 atom stereocenters. The number of carbonyl (C=O) groups excluding carboxylic acids is 4. The molecule has 1 heterocycles. The number of nitro benzene ring substituents is 1. The number of esters is 1. The number of Topliss-reactive ketones (excluding diaryl/α,β-unsaturated/α-hetero) is 1. The van der Waals surface area contributed by atoms with Gasteiger partial charge in [-0.3, -0.25) is 24.5 Å². The lowest BCUT2D eigenvalue weighted by Crippen LogP contribution is -2.40. The minimum atomic E-state index is -4.36. The van der Waals surface area contributed by atoms with Crippen molar-refractivity contribution in [3.8, 4) is 11.1 Å². The van der Waals surface area contributed by atoms with Gasteiger partial charge in [0.15, 0.2) is 0 Å². The Labute approximate surface area is 296 Å². The zero-order valence-corrected chi connectivity index (χ0v) is 27.6. The number of nitrogens with one attached hydrogen (secondary N) is 2. The van der Waals surface area contributed by atoms with Crippen LogP contribution in [0.2, 0.25) is 0 Å². The Balaban J connectivity index is 1.54. The number of hydrogen-bond donors (Lipinski definition) is 3. The number of hydrogen-bond acceptors (Lipinski definition) is 10. The predicted octanol–water partition coefficient (Wildman–Crippen LogP) is 4.78. The zero-order chi connectivity index (χ0) is 37.0. The van der Waals surface area contributed by atoms with Crippen molar-refractivity contribution < 1.29 is 37.3 Å². The van der Waals surface area contributed by atoms with E-state index in [9.17, 15) is 37.7 Å². The number of fused-ring (bicyclic) bond motifs is 1. The number of non-ortho nitro benzene ring substituents is 1. The van der Waals surface area contributed by atoms with Gasteiger partial charge in [-0.05, 0) is 35.4 Å². The molecule has 4 N–H and O–H groups in total. The molecule has 0 unspecified atom stereocenters. The first-order valence-corrected chi connectivity index (χ1v) is 17.0. The number of sulfonamides is 1. The van der Waals surface area contributed by atoms with E-state index in [1.165, 1.54) is 42.5 Å². The summed E-state index contributed by atoms with van der Waals surface area (Å²) in [6, 6.07) is 31.9. The average Bonchev–Trinajstić information content (AvgIpc) is 3.48. The van der Waals surface area contributed by atoms with Crippen LogP contribution in [0.15, 0.2) is 137 Å². The third-order valence-corrected chi connectivity index (χ3v) is 9.11. The van der Waals surface area contributed by atoms with Gasteiger partial charge < -0.3 is 10.1 Å². The molecule has 52 heavy (non-hydrogen) atoms. The van der Waals surface area contributed by atoms with Crippen molar-refractivity contribution in [1.29, 1.82) is 0 Å². The topological polar surface area (TPSA) is 217 Å². The molecule has 5 aromatic carbocycles. The third-order valence-electron chi connectivity index (χ3n) is 8.14. The summed E-state index contributed by atoms with van der Waals surface area (Å²) in [7, 11) is -4.36. The number of anilines is 1. The Morgan fingerprint density at radius 3 is 2.15 bits per heavy atom. The van der Waals surface area contributed by atoms with Crippen LogP contribution in [0.25, 0.3) is 11.1 Å². The maximum absolute atomic E-state index is 14.5. The van der Waals surface area contributed by atoms with Crippen LogP contribution in [0.4, 0.5) is 11.4 Å². The Kier molecular flexibility index (Phi) is 9.80. The molecule has 14 nitrogen and oxygen atoms in total. The normalized spacial score (nSPS) is 14.4. The number of ether oxygens (including phenoxy) is 1. The van der Waals surface area contributed by atoms with Gasteiger partial charge >= 0.3 is 5.97 Å². The number of nitrogens with two attached hydrogens (primary N) is 1. The van der Waals surface area contributed by atoms with E-state index >= 15 is 0 Å². The number of benzene rings is 5. The largest absolute Gasteiger partial charge is 0.453 e. The molecule has 5 aromatic rings. The van der Waals surface area contributed by atoms with E-state index in [0.29, 0.717) is 11.1 Å². The second-order valence-corrected chi connectivity index (χ2v) is 12.9. The van der Waals surface area contributed by atoms with Gasteiger partial charge in [0.25, 0.3) is 17.5 Å². The van der Waals surface area contributed by atoms with Crippen molar-refractivity contribution in [1.82, 2.24) is 5.43 Å². The molecule has 0 aliphatic carbocycles. The molecule has 2 amide bonds. The van der Waals surface area contributed by atoms with Crippen LogP contribution in [0.1, 0.15) is 37.9 Å². The maximum Gasteiger partial charge on any atom is 0.339 e. The van der Waals surface area contributed by atoms with Gasteiger partial charge in [-0.25, -0.2) is 23.8 Å². The number of nitrogens with zero attached hydrogens (tertiary/aromatic N) is 2. The molecule has 0 aromatic heterocycles. The summed E-state index contributed by atoms with van der Waals surface area (Å²) < 4.78 is 30.4. The highest BCUT2D eigenvalue weighted by atomic mass is 32.2. The Hall–Kier alpha value is -6.84. The SMILES string of the molecule is NS(=O)(=O)c1ccccc1C(=O)N/N=C(\c1ccccc1-c1ccccc1)[C@H](C(=O)C(=O)Nc1cccc([N+](=O)[O-])c1)[C@H]1OC(=O)c2ccccc21. The average molecular weight is 718 g/mol. The van der Waals surface area contributed by atoms with E-state index in [1.54, 1.807) is 72.8 Å². The summed E-state index contributed by atoms with van der Waals surface area (Å²) in [6.45, 7) is 0. The van der Waals surface area contributed by atoms with E-state index in [-0.39, 0.29) is 39.3 Å². The molecule has 0 spiro atoms. The summed E-state index contributed by atoms with van der Waals surface area (Å²) >= 11 is 0. The van der Waals surface area contributed by atoms with Crippen LogP contribution < -0.4 is 15.9 Å². The highest BCUT2D eigenvalue weighted by molar-refractivity contribution is 7.89. The summed E-state index contributed by atoms with van der Waals surface area (Å²) in [5.41, 5.74) is 3.13. The van der Waals surface area contributed by atoms with Crippen molar-refractivity contribution in [2.45, 2.75) is 11.0 Å². The van der Waals surface area contributed by atoms with Crippen LogP contribution in [-0.4, -0.2) is 42.6 Å². The quantitative estimate of drug-likeness (QED) is 0.0562. The number of primary sulfonamides is 1. The second kappa shape index (κ2) is 14.6. The molecule has 1 aliphatic rings. The molecule has 0 bridgehead atoms. The van der Waals surface area contributed by atoms with E-state index in [2.05, 4.69) is 15.8 Å². The van der Waals surface area contributed by atoms with Gasteiger partial charge in [0, 0.05) is 28.9 Å². The Bertz CT molecular complexity index is 2400. The van der Waals surface area contributed by atoms with Crippen molar-refractivity contribution in [3.63, 3.8) is 0 Å². The summed E-state index contributed by atoms with van der Waals surface area (Å²) in [4.78, 5) is 65.2. The molecule has 0 fully saturated rings. The lowest BCUT2D eigenvalue weighted by atomic mass is 9.82. The number of ketones is 1. The third kappa shape index (κ3) is 7.21. The van der Waals surface area contributed by atoms with Gasteiger partial charge in [-0.2, -0.15) is 5.10 Å². The Morgan fingerprint density at radius 1 is 0.808 bits per heavy atom. The summed E-state index contributed by atoms with van der Waals surface area (Å²) in [5.74, 6) is -5.94. The number of carbonyl (C=O) groups is 4. The lowest BCUT2D eigenvalue weighted by molar-refractivity contribution is -0.384. The number of rotatable bonds is 11. The first-order valence-electron chi connectivity index (χ1n) is 15.5. The van der Waals surface area contributed by atoms with E-state index in [1.807, 2.05) is 0 Å². The fraction of sp³-hybridized carbons (Fsp3) is 0.0541. The van der Waals surface area contributed by atoms with Gasteiger partial charge in [-0.1, -0.05) is 91.0 Å². The zero-order valence-electron chi connectivity index (χ0n) is 26.8. The fourth-order valence-electron chi connectivity index (χ4n) is 5.80. The number of amides is 2. The van der Waals surface area contributed by atoms with Crippen molar-refractivity contribution in [3.05, 3.63) is 160 Å². The van der Waals surface area contributed by atoms with Crippen LogP contribution in [0.3, 0.4) is 0 Å². The lowest BCUT2D eigenvalue weighted by Gasteiger charge is -2.25.